The summed E-state index contributed by atoms with van der Waals surface area (Å²) in [4.78, 5) is 37.4. The first-order valence-corrected chi connectivity index (χ1v) is 8.99. The first-order valence-electron chi connectivity index (χ1n) is 7.83. The van der Waals surface area contributed by atoms with Crippen LogP contribution in [0.15, 0.2) is 48.5 Å². The SMILES string of the molecule is O=C(CN1CSCC1=O)Nc1cccc(C(=O)Nc2cccc(F)c2)c1. The van der Waals surface area contributed by atoms with E-state index in [1.54, 1.807) is 24.3 Å². The van der Waals surface area contributed by atoms with E-state index in [0.717, 1.165) is 0 Å². The summed E-state index contributed by atoms with van der Waals surface area (Å²) in [5, 5.41) is 5.27. The standard InChI is InChI=1S/C18H16FN3O3S/c19-13-4-2-6-15(8-13)21-18(25)12-3-1-5-14(7-12)20-16(23)9-22-11-26-10-17(22)24/h1-8H,9-11H2,(H,20,23)(H,21,25). The van der Waals surface area contributed by atoms with Crippen LogP contribution in [-0.2, 0) is 9.59 Å². The minimum atomic E-state index is -0.446. The number of thioether (sulfide) groups is 1. The van der Waals surface area contributed by atoms with Gasteiger partial charge in [-0.3, -0.25) is 14.4 Å². The number of rotatable bonds is 5. The first-order chi connectivity index (χ1) is 12.5. The van der Waals surface area contributed by atoms with Crippen molar-refractivity contribution in [3.63, 3.8) is 0 Å². The van der Waals surface area contributed by atoms with E-state index in [0.29, 0.717) is 28.6 Å². The molecule has 26 heavy (non-hydrogen) atoms. The summed E-state index contributed by atoms with van der Waals surface area (Å²) in [7, 11) is 0. The lowest BCUT2D eigenvalue weighted by molar-refractivity contribution is -0.130. The van der Waals surface area contributed by atoms with Gasteiger partial charge in [0.25, 0.3) is 5.91 Å². The lowest BCUT2D eigenvalue weighted by Gasteiger charge is -2.14. The molecule has 0 radical (unpaired) electrons. The van der Waals surface area contributed by atoms with Gasteiger partial charge in [0.1, 0.15) is 12.4 Å². The maximum Gasteiger partial charge on any atom is 0.255 e. The Balaban J connectivity index is 1.63. The molecule has 0 spiro atoms. The highest BCUT2D eigenvalue weighted by Gasteiger charge is 2.22. The summed E-state index contributed by atoms with van der Waals surface area (Å²) in [5.41, 5.74) is 1.11. The number of anilines is 2. The lowest BCUT2D eigenvalue weighted by Crippen LogP contribution is -2.34. The normalized spacial score (nSPS) is 13.6. The Morgan fingerprint density at radius 1 is 1.08 bits per heavy atom. The molecule has 3 amide bonds. The molecule has 1 fully saturated rings. The predicted molar refractivity (Wildman–Crippen MR) is 98.5 cm³/mol. The molecule has 2 aromatic rings. The van der Waals surface area contributed by atoms with E-state index in [2.05, 4.69) is 10.6 Å². The number of carbonyl (C=O) groups excluding carboxylic acids is 3. The largest absolute Gasteiger partial charge is 0.325 e. The number of nitrogens with one attached hydrogen (secondary N) is 2. The Labute approximate surface area is 153 Å². The molecule has 3 rings (SSSR count). The Morgan fingerprint density at radius 3 is 2.50 bits per heavy atom. The van der Waals surface area contributed by atoms with E-state index in [9.17, 15) is 18.8 Å². The second-order valence-corrected chi connectivity index (χ2v) is 6.62. The molecule has 6 nitrogen and oxygen atoms in total. The summed E-state index contributed by atoms with van der Waals surface area (Å²) in [6.45, 7) is -0.0223. The van der Waals surface area contributed by atoms with Crippen LogP contribution in [0.4, 0.5) is 15.8 Å². The highest BCUT2D eigenvalue weighted by atomic mass is 32.2. The van der Waals surface area contributed by atoms with Gasteiger partial charge in [-0.25, -0.2) is 4.39 Å². The summed E-state index contributed by atoms with van der Waals surface area (Å²) in [6.07, 6.45) is 0. The average molecular weight is 373 g/mol. The van der Waals surface area contributed by atoms with E-state index in [1.807, 2.05) is 0 Å². The van der Waals surface area contributed by atoms with E-state index in [-0.39, 0.29) is 18.4 Å². The Hall–Kier alpha value is -2.87. The van der Waals surface area contributed by atoms with E-state index >= 15 is 0 Å². The van der Waals surface area contributed by atoms with Crippen molar-refractivity contribution in [2.45, 2.75) is 0 Å². The van der Waals surface area contributed by atoms with Crippen LogP contribution >= 0.6 is 11.8 Å². The van der Waals surface area contributed by atoms with Crippen molar-refractivity contribution >= 4 is 40.9 Å². The molecular weight excluding hydrogens is 357 g/mol. The Kier molecular flexibility index (Phi) is 5.52. The molecule has 0 atom stereocenters. The number of halogens is 1. The number of carbonyl (C=O) groups is 3. The minimum Gasteiger partial charge on any atom is -0.325 e. The summed E-state index contributed by atoms with van der Waals surface area (Å²) >= 11 is 1.46. The van der Waals surface area contributed by atoms with Crippen molar-refractivity contribution in [3.8, 4) is 0 Å². The number of amides is 3. The van der Waals surface area contributed by atoms with Gasteiger partial charge in [-0.15, -0.1) is 11.8 Å². The van der Waals surface area contributed by atoms with Crippen molar-refractivity contribution in [1.29, 1.82) is 0 Å². The molecule has 0 saturated carbocycles. The van der Waals surface area contributed by atoms with E-state index < -0.39 is 11.7 Å². The van der Waals surface area contributed by atoms with E-state index in [4.69, 9.17) is 0 Å². The van der Waals surface area contributed by atoms with Gasteiger partial charge >= 0.3 is 0 Å². The Morgan fingerprint density at radius 2 is 1.81 bits per heavy atom. The minimum absolute atomic E-state index is 0.0223. The fourth-order valence-electron chi connectivity index (χ4n) is 2.42. The van der Waals surface area contributed by atoms with Crippen molar-refractivity contribution in [1.82, 2.24) is 4.90 Å². The summed E-state index contributed by atoms with van der Waals surface area (Å²) in [5.74, 6) is -0.362. The zero-order valence-corrected chi connectivity index (χ0v) is 14.5. The third-order valence-corrected chi connectivity index (χ3v) is 4.60. The molecule has 1 heterocycles. The van der Waals surface area contributed by atoms with Gasteiger partial charge in [0.2, 0.25) is 11.8 Å². The van der Waals surface area contributed by atoms with Crippen LogP contribution in [0.3, 0.4) is 0 Å². The molecule has 0 aliphatic carbocycles. The Bertz CT molecular complexity index is 859. The second kappa shape index (κ2) is 8.01. The van der Waals surface area contributed by atoms with Crippen LogP contribution < -0.4 is 10.6 Å². The topological polar surface area (TPSA) is 78.5 Å². The molecular formula is C18H16FN3O3S. The summed E-state index contributed by atoms with van der Waals surface area (Å²) < 4.78 is 13.2. The number of nitrogens with zero attached hydrogens (tertiary/aromatic N) is 1. The summed E-state index contributed by atoms with van der Waals surface area (Å²) in [6, 6.07) is 12.0. The highest BCUT2D eigenvalue weighted by molar-refractivity contribution is 8.00. The van der Waals surface area contributed by atoms with Gasteiger partial charge in [0, 0.05) is 16.9 Å². The molecule has 1 saturated heterocycles. The van der Waals surface area contributed by atoms with E-state index in [1.165, 1.54) is 40.9 Å². The van der Waals surface area contributed by atoms with Gasteiger partial charge in [-0.2, -0.15) is 0 Å². The number of hydrogen-bond donors (Lipinski definition) is 2. The van der Waals surface area contributed by atoms with Crippen LogP contribution in [-0.4, -0.2) is 40.8 Å². The average Bonchev–Trinajstić information content (AvgIpc) is 3.00. The zero-order chi connectivity index (χ0) is 18.5. The van der Waals surface area contributed by atoms with Crippen LogP contribution in [0.1, 0.15) is 10.4 Å². The second-order valence-electron chi connectivity index (χ2n) is 5.66. The maximum atomic E-state index is 13.2. The molecule has 1 aliphatic rings. The van der Waals surface area contributed by atoms with Crippen molar-refractivity contribution in [2.24, 2.45) is 0 Å². The zero-order valence-electron chi connectivity index (χ0n) is 13.7. The molecule has 2 aromatic carbocycles. The molecule has 8 heteroatoms. The van der Waals surface area contributed by atoms with Crippen LogP contribution in [0.5, 0.6) is 0 Å². The van der Waals surface area contributed by atoms with Crippen LogP contribution in [0, 0.1) is 5.82 Å². The van der Waals surface area contributed by atoms with Crippen LogP contribution in [0.25, 0.3) is 0 Å². The maximum absolute atomic E-state index is 13.2. The molecule has 0 aromatic heterocycles. The third-order valence-electron chi connectivity index (χ3n) is 3.65. The van der Waals surface area contributed by atoms with Crippen molar-refractivity contribution in [2.75, 3.05) is 28.8 Å². The molecule has 1 aliphatic heterocycles. The first kappa shape index (κ1) is 17.9. The van der Waals surface area contributed by atoms with Gasteiger partial charge in [0.15, 0.2) is 0 Å². The third kappa shape index (κ3) is 4.60. The van der Waals surface area contributed by atoms with Crippen LogP contribution in [0.2, 0.25) is 0 Å². The number of hydrogen-bond acceptors (Lipinski definition) is 4. The van der Waals surface area contributed by atoms with Gasteiger partial charge in [-0.1, -0.05) is 12.1 Å². The van der Waals surface area contributed by atoms with Crippen molar-refractivity contribution < 1.29 is 18.8 Å². The monoisotopic (exact) mass is 373 g/mol. The highest BCUT2D eigenvalue weighted by Crippen LogP contribution is 2.16. The fourth-order valence-corrected chi connectivity index (χ4v) is 3.33. The van der Waals surface area contributed by atoms with Gasteiger partial charge in [0.05, 0.1) is 11.6 Å². The smallest absolute Gasteiger partial charge is 0.255 e. The molecule has 134 valence electrons. The predicted octanol–water partition coefficient (Wildman–Crippen LogP) is 2.55. The van der Waals surface area contributed by atoms with Crippen molar-refractivity contribution in [3.05, 3.63) is 59.9 Å². The van der Waals surface area contributed by atoms with Gasteiger partial charge < -0.3 is 15.5 Å². The fraction of sp³-hybridized carbons (Fsp3) is 0.167. The molecule has 2 N–H and O–H groups in total. The molecule has 0 unspecified atom stereocenters. The number of benzene rings is 2. The quantitative estimate of drug-likeness (QED) is 0.844. The van der Waals surface area contributed by atoms with Gasteiger partial charge in [-0.05, 0) is 36.4 Å². The lowest BCUT2D eigenvalue weighted by atomic mass is 10.1. The molecule has 0 bridgehead atoms.